The minimum atomic E-state index is 0.206. The van der Waals surface area contributed by atoms with Crippen molar-refractivity contribution in [1.29, 1.82) is 0 Å². The normalized spacial score (nSPS) is 13.2. The van der Waals surface area contributed by atoms with Crippen molar-refractivity contribution < 1.29 is 0 Å². The summed E-state index contributed by atoms with van der Waals surface area (Å²) in [7, 11) is 0. The zero-order valence-electron chi connectivity index (χ0n) is 10.5. The molecule has 0 aromatic heterocycles. The molecule has 0 aliphatic carbocycles. The summed E-state index contributed by atoms with van der Waals surface area (Å²) in [6, 6.07) is 6.16. The van der Waals surface area contributed by atoms with Crippen molar-refractivity contribution in [2.24, 2.45) is 5.73 Å². The van der Waals surface area contributed by atoms with E-state index in [-0.39, 0.29) is 6.04 Å². The summed E-state index contributed by atoms with van der Waals surface area (Å²) in [6.45, 7) is 5.63. The molecule has 1 aromatic carbocycles. The molecule has 2 nitrogen and oxygen atoms in total. The van der Waals surface area contributed by atoms with Crippen LogP contribution in [0.1, 0.15) is 30.5 Å². The zero-order valence-corrected chi connectivity index (χ0v) is 11.3. The van der Waals surface area contributed by atoms with Crippen LogP contribution < -0.4 is 11.1 Å². The quantitative estimate of drug-likeness (QED) is 0.603. The standard InChI is InChI=1S/C14H21ClN2/c1-3-4-5-8-17-14(10-16)13-7-6-12(15)9-11(13)2/h3-4,6-7,9,14,17H,5,8,10,16H2,1-2H3/b4-3+. The molecule has 0 spiro atoms. The number of hydrogen-bond donors (Lipinski definition) is 2. The lowest BCUT2D eigenvalue weighted by atomic mass is 10.0. The van der Waals surface area contributed by atoms with E-state index >= 15 is 0 Å². The Labute approximate surface area is 109 Å². The van der Waals surface area contributed by atoms with Crippen LogP contribution in [-0.4, -0.2) is 13.1 Å². The number of nitrogens with one attached hydrogen (secondary N) is 1. The third-order valence-electron chi connectivity index (χ3n) is 2.78. The first-order valence-electron chi connectivity index (χ1n) is 5.99. The monoisotopic (exact) mass is 252 g/mol. The first-order valence-corrected chi connectivity index (χ1v) is 6.37. The molecule has 0 aliphatic rings. The van der Waals surface area contributed by atoms with Crippen LogP contribution in [-0.2, 0) is 0 Å². The highest BCUT2D eigenvalue weighted by Gasteiger charge is 2.10. The lowest BCUT2D eigenvalue weighted by Gasteiger charge is -2.19. The summed E-state index contributed by atoms with van der Waals surface area (Å²) >= 11 is 5.95. The van der Waals surface area contributed by atoms with Gasteiger partial charge < -0.3 is 11.1 Å². The van der Waals surface area contributed by atoms with Gasteiger partial charge in [-0.1, -0.05) is 29.8 Å². The molecule has 0 saturated heterocycles. The Hall–Kier alpha value is -0.830. The molecular formula is C14H21ClN2. The molecule has 0 aliphatic heterocycles. The summed E-state index contributed by atoms with van der Waals surface area (Å²) in [5.41, 5.74) is 8.23. The molecule has 17 heavy (non-hydrogen) atoms. The molecule has 0 bridgehead atoms. The highest BCUT2D eigenvalue weighted by atomic mass is 35.5. The Bertz CT molecular complexity index is 374. The molecule has 0 amide bonds. The fraction of sp³-hybridized carbons (Fsp3) is 0.429. The number of rotatable bonds is 6. The van der Waals surface area contributed by atoms with Crippen molar-refractivity contribution in [2.75, 3.05) is 13.1 Å². The molecule has 3 heteroatoms. The second-order valence-electron chi connectivity index (χ2n) is 4.10. The molecule has 3 N–H and O–H groups in total. The van der Waals surface area contributed by atoms with Gasteiger partial charge in [0, 0.05) is 17.6 Å². The van der Waals surface area contributed by atoms with Crippen LogP contribution in [0.25, 0.3) is 0 Å². The Balaban J connectivity index is 2.65. The number of benzene rings is 1. The van der Waals surface area contributed by atoms with Gasteiger partial charge in [0.05, 0.1) is 0 Å². The molecular weight excluding hydrogens is 232 g/mol. The maximum Gasteiger partial charge on any atom is 0.0447 e. The van der Waals surface area contributed by atoms with Crippen molar-refractivity contribution in [3.63, 3.8) is 0 Å². The molecule has 0 fully saturated rings. The predicted octanol–water partition coefficient (Wildman–Crippen LogP) is 3.20. The van der Waals surface area contributed by atoms with E-state index in [0.29, 0.717) is 6.54 Å². The van der Waals surface area contributed by atoms with Crippen molar-refractivity contribution in [3.05, 3.63) is 46.5 Å². The van der Waals surface area contributed by atoms with Gasteiger partial charge in [-0.15, -0.1) is 0 Å². The largest absolute Gasteiger partial charge is 0.329 e. The van der Waals surface area contributed by atoms with Crippen LogP contribution in [0.3, 0.4) is 0 Å². The van der Waals surface area contributed by atoms with E-state index in [2.05, 4.69) is 30.5 Å². The molecule has 1 atom stereocenters. The van der Waals surface area contributed by atoms with Crippen LogP contribution in [0, 0.1) is 6.92 Å². The Morgan fingerprint density at radius 2 is 2.24 bits per heavy atom. The molecule has 1 unspecified atom stereocenters. The van der Waals surface area contributed by atoms with Gasteiger partial charge in [-0.2, -0.15) is 0 Å². The van der Waals surface area contributed by atoms with Gasteiger partial charge >= 0.3 is 0 Å². The van der Waals surface area contributed by atoms with Crippen LogP contribution in [0.4, 0.5) is 0 Å². The van der Waals surface area contributed by atoms with E-state index in [9.17, 15) is 0 Å². The Morgan fingerprint density at radius 1 is 1.47 bits per heavy atom. The van der Waals surface area contributed by atoms with Gasteiger partial charge in [0.1, 0.15) is 0 Å². The topological polar surface area (TPSA) is 38.0 Å². The van der Waals surface area contributed by atoms with E-state index in [1.165, 1.54) is 11.1 Å². The number of aryl methyl sites for hydroxylation is 1. The SMILES string of the molecule is C/C=C/CCNC(CN)c1ccc(Cl)cc1C. The van der Waals surface area contributed by atoms with Crippen LogP contribution >= 0.6 is 11.6 Å². The molecule has 0 heterocycles. The second-order valence-corrected chi connectivity index (χ2v) is 4.54. The first kappa shape index (κ1) is 14.2. The average molecular weight is 253 g/mol. The van der Waals surface area contributed by atoms with Crippen LogP contribution in [0.2, 0.25) is 5.02 Å². The van der Waals surface area contributed by atoms with Crippen LogP contribution in [0.5, 0.6) is 0 Å². The van der Waals surface area contributed by atoms with Gasteiger partial charge in [0.25, 0.3) is 0 Å². The third-order valence-corrected chi connectivity index (χ3v) is 3.02. The smallest absolute Gasteiger partial charge is 0.0447 e. The Morgan fingerprint density at radius 3 is 2.82 bits per heavy atom. The van der Waals surface area contributed by atoms with Crippen molar-refractivity contribution >= 4 is 11.6 Å². The minimum Gasteiger partial charge on any atom is -0.329 e. The van der Waals surface area contributed by atoms with E-state index in [1.54, 1.807) is 0 Å². The fourth-order valence-corrected chi connectivity index (χ4v) is 2.08. The van der Waals surface area contributed by atoms with Gasteiger partial charge in [0.15, 0.2) is 0 Å². The summed E-state index contributed by atoms with van der Waals surface area (Å²) in [5.74, 6) is 0. The minimum absolute atomic E-state index is 0.206. The van der Waals surface area contributed by atoms with Gasteiger partial charge in [-0.05, 0) is 50.1 Å². The van der Waals surface area contributed by atoms with Gasteiger partial charge in [0.2, 0.25) is 0 Å². The Kier molecular flexibility index (Phi) is 6.27. The van der Waals surface area contributed by atoms with E-state index in [0.717, 1.165) is 18.0 Å². The summed E-state index contributed by atoms with van der Waals surface area (Å²) in [5, 5.41) is 4.24. The fourth-order valence-electron chi connectivity index (χ4n) is 1.86. The summed E-state index contributed by atoms with van der Waals surface area (Å²) in [4.78, 5) is 0. The number of nitrogens with two attached hydrogens (primary N) is 1. The number of halogens is 1. The van der Waals surface area contributed by atoms with Crippen molar-refractivity contribution in [1.82, 2.24) is 5.32 Å². The molecule has 0 saturated carbocycles. The maximum atomic E-state index is 5.95. The predicted molar refractivity (Wildman–Crippen MR) is 75.4 cm³/mol. The van der Waals surface area contributed by atoms with Gasteiger partial charge in [-0.25, -0.2) is 0 Å². The zero-order chi connectivity index (χ0) is 12.7. The molecule has 1 rings (SSSR count). The third kappa shape index (κ3) is 4.50. The molecule has 0 radical (unpaired) electrons. The lowest BCUT2D eigenvalue weighted by molar-refractivity contribution is 0.546. The van der Waals surface area contributed by atoms with E-state index < -0.39 is 0 Å². The average Bonchev–Trinajstić information content (AvgIpc) is 2.31. The van der Waals surface area contributed by atoms with E-state index in [1.807, 2.05) is 19.1 Å². The van der Waals surface area contributed by atoms with E-state index in [4.69, 9.17) is 17.3 Å². The van der Waals surface area contributed by atoms with Crippen LogP contribution in [0.15, 0.2) is 30.4 Å². The van der Waals surface area contributed by atoms with Crippen molar-refractivity contribution in [3.8, 4) is 0 Å². The van der Waals surface area contributed by atoms with Gasteiger partial charge in [-0.3, -0.25) is 0 Å². The maximum absolute atomic E-state index is 5.95. The second kappa shape index (κ2) is 7.49. The summed E-state index contributed by atoms with van der Waals surface area (Å²) < 4.78 is 0. The summed E-state index contributed by atoms with van der Waals surface area (Å²) in [6.07, 6.45) is 5.24. The number of allylic oxidation sites excluding steroid dienone is 1. The lowest BCUT2D eigenvalue weighted by Crippen LogP contribution is -2.29. The first-order chi connectivity index (χ1) is 8.19. The van der Waals surface area contributed by atoms with Crippen molar-refractivity contribution in [2.45, 2.75) is 26.3 Å². The highest BCUT2D eigenvalue weighted by Crippen LogP contribution is 2.20. The molecule has 1 aromatic rings. The highest BCUT2D eigenvalue weighted by molar-refractivity contribution is 6.30. The molecule has 94 valence electrons. The number of hydrogen-bond acceptors (Lipinski definition) is 2.